The van der Waals surface area contributed by atoms with Gasteiger partial charge in [0.2, 0.25) is 23.6 Å². The van der Waals surface area contributed by atoms with Gasteiger partial charge in [0.05, 0.1) is 45.7 Å². The summed E-state index contributed by atoms with van der Waals surface area (Å²) in [5.74, 6) is -3.13. The molecule has 0 bridgehead atoms. The van der Waals surface area contributed by atoms with Gasteiger partial charge >= 0.3 is 0 Å². The highest BCUT2D eigenvalue weighted by atomic mass is 16.7. The van der Waals surface area contributed by atoms with Gasteiger partial charge in [0, 0.05) is 27.7 Å². The minimum Gasteiger partial charge on any atom is -0.394 e. The van der Waals surface area contributed by atoms with Gasteiger partial charge in [-0.25, -0.2) is 0 Å². The third kappa shape index (κ3) is 13.9. The molecule has 4 aliphatic heterocycles. The second-order valence-electron chi connectivity index (χ2n) is 16.7. The summed E-state index contributed by atoms with van der Waals surface area (Å²) in [6.45, 7) is -1.54. The summed E-state index contributed by atoms with van der Waals surface area (Å²) in [5, 5.41) is 159. The molecule has 4 heterocycles. The van der Waals surface area contributed by atoms with Crippen LogP contribution in [0.3, 0.4) is 0 Å². The van der Waals surface area contributed by atoms with E-state index in [0.29, 0.717) is 0 Å². The number of nitrogens with one attached hydrogen (secondary N) is 4. The van der Waals surface area contributed by atoms with E-state index >= 15 is 0 Å². The van der Waals surface area contributed by atoms with Crippen molar-refractivity contribution in [2.24, 2.45) is 0 Å². The lowest BCUT2D eigenvalue weighted by atomic mass is 9.94. The van der Waals surface area contributed by atoms with Crippen molar-refractivity contribution in [3.8, 4) is 0 Å². The van der Waals surface area contributed by atoms with Gasteiger partial charge in [0.25, 0.3) is 0 Å². The van der Waals surface area contributed by atoms with Crippen molar-refractivity contribution < 1.29 is 129 Å². The molecule has 30 heteroatoms. The first-order chi connectivity index (χ1) is 32.0. The standard InChI is InChI=1S/C38H66N4O26/c1-11(48)39-15(5-43)32(24(53)16(52)10-61-35-21(40-12(2)49)29(58)25(54)17(6-44)62-35)66-37-23(42-14(4)51)33(27(56)19(8-46)64-37)67-38-31(60)34(28(57)20(9-47)65-38)68-36-22(41-13(3)50)30(59)26(55)18(7-45)63-36/h15-38,43-47,52-60H,5-10H2,1-4H3,(H,39,48)(H,40,49)(H,41,50)(H,42,51)/t15-,16+,17+,18+,19+,20+,21+,22+,23+,24-,25+,26+,27+,28-,29+,30+,31+,32+,33+,34-,35+,36-,37-,38-/m0/s1. The second-order valence-corrected chi connectivity index (χ2v) is 16.7. The number of rotatable bonds is 21. The Bertz CT molecular complexity index is 1630. The van der Waals surface area contributed by atoms with E-state index in [1.165, 1.54) is 0 Å². The Balaban J connectivity index is 1.66. The largest absolute Gasteiger partial charge is 0.394 e. The van der Waals surface area contributed by atoms with E-state index in [1.807, 2.05) is 0 Å². The van der Waals surface area contributed by atoms with Gasteiger partial charge in [-0.15, -0.1) is 0 Å². The molecular formula is C38H66N4O26. The van der Waals surface area contributed by atoms with Crippen LogP contribution in [0.2, 0.25) is 0 Å². The van der Waals surface area contributed by atoms with Crippen molar-refractivity contribution in [1.29, 1.82) is 0 Å². The van der Waals surface area contributed by atoms with Gasteiger partial charge in [-0.2, -0.15) is 0 Å². The molecule has 4 rings (SSSR count). The van der Waals surface area contributed by atoms with E-state index in [9.17, 15) is 90.7 Å². The smallest absolute Gasteiger partial charge is 0.217 e. The average molecular weight is 995 g/mol. The second kappa shape index (κ2) is 25.9. The molecule has 68 heavy (non-hydrogen) atoms. The fraction of sp³-hybridized carbons (Fsp3) is 0.895. The molecule has 4 fully saturated rings. The maximum absolute atomic E-state index is 12.8. The fourth-order valence-electron chi connectivity index (χ4n) is 8.14. The maximum Gasteiger partial charge on any atom is 0.217 e. The Morgan fingerprint density at radius 3 is 1.38 bits per heavy atom. The highest BCUT2D eigenvalue weighted by Crippen LogP contribution is 2.34. The highest BCUT2D eigenvalue weighted by molar-refractivity contribution is 5.74. The number of hydrogen-bond donors (Lipinski definition) is 18. The molecule has 0 aromatic carbocycles. The number of aliphatic hydroxyl groups is 14. The zero-order valence-electron chi connectivity index (χ0n) is 37.3. The molecule has 0 radical (unpaired) electrons. The van der Waals surface area contributed by atoms with Crippen LogP contribution >= 0.6 is 0 Å². The minimum absolute atomic E-state index is 0.709. The number of aliphatic hydroxyl groups excluding tert-OH is 14. The molecule has 4 amide bonds. The Kier molecular flexibility index (Phi) is 21.9. The Morgan fingerprint density at radius 1 is 0.500 bits per heavy atom. The van der Waals surface area contributed by atoms with Crippen molar-refractivity contribution >= 4 is 23.6 Å². The van der Waals surface area contributed by atoms with Gasteiger partial charge in [0.15, 0.2) is 25.2 Å². The molecule has 24 atom stereocenters. The minimum atomic E-state index is -2.24. The number of hydrogen-bond acceptors (Lipinski definition) is 26. The van der Waals surface area contributed by atoms with Crippen LogP contribution in [0.1, 0.15) is 27.7 Å². The first-order valence-electron chi connectivity index (χ1n) is 21.5. The molecule has 0 unspecified atom stereocenters. The van der Waals surface area contributed by atoms with Crippen LogP contribution in [0.4, 0.5) is 0 Å². The number of ether oxygens (including phenoxy) is 8. The van der Waals surface area contributed by atoms with Gasteiger partial charge in [-0.1, -0.05) is 0 Å². The van der Waals surface area contributed by atoms with Crippen molar-refractivity contribution in [2.75, 3.05) is 39.6 Å². The molecule has 18 N–H and O–H groups in total. The predicted octanol–water partition coefficient (Wildman–Crippen LogP) is -11.7. The zero-order valence-corrected chi connectivity index (χ0v) is 37.3. The quantitative estimate of drug-likeness (QED) is 0.0508. The zero-order chi connectivity index (χ0) is 50.9. The molecule has 4 saturated heterocycles. The molecular weight excluding hydrogens is 928 g/mol. The van der Waals surface area contributed by atoms with E-state index in [4.69, 9.17) is 37.9 Å². The summed E-state index contributed by atoms with van der Waals surface area (Å²) in [7, 11) is 0. The fourth-order valence-corrected chi connectivity index (χ4v) is 8.14. The third-order valence-electron chi connectivity index (χ3n) is 11.6. The van der Waals surface area contributed by atoms with Crippen LogP contribution in [0.25, 0.3) is 0 Å². The number of carbonyl (C=O) groups is 4. The number of amides is 4. The van der Waals surface area contributed by atoms with Crippen molar-refractivity contribution in [3.63, 3.8) is 0 Å². The average Bonchev–Trinajstić information content (AvgIpc) is 3.28. The Hall–Kier alpha value is -3.00. The monoisotopic (exact) mass is 994 g/mol. The van der Waals surface area contributed by atoms with Gasteiger partial charge in [-0.3, -0.25) is 19.2 Å². The van der Waals surface area contributed by atoms with Crippen LogP contribution < -0.4 is 21.3 Å². The summed E-state index contributed by atoms with van der Waals surface area (Å²) in [6.07, 6.45) is -37.3. The molecule has 30 nitrogen and oxygen atoms in total. The van der Waals surface area contributed by atoms with E-state index < -0.39 is 210 Å². The van der Waals surface area contributed by atoms with E-state index in [-0.39, 0.29) is 0 Å². The summed E-state index contributed by atoms with van der Waals surface area (Å²) in [5.41, 5.74) is 0. The van der Waals surface area contributed by atoms with Crippen molar-refractivity contribution in [3.05, 3.63) is 0 Å². The van der Waals surface area contributed by atoms with Gasteiger partial charge < -0.3 is 131 Å². The van der Waals surface area contributed by atoms with Crippen molar-refractivity contribution in [2.45, 2.75) is 175 Å². The lowest BCUT2D eigenvalue weighted by Gasteiger charge is -2.50. The summed E-state index contributed by atoms with van der Waals surface area (Å²) >= 11 is 0. The number of carbonyl (C=O) groups excluding carboxylic acids is 4. The molecule has 0 aliphatic carbocycles. The first kappa shape index (κ1) is 57.6. The molecule has 0 spiro atoms. The highest BCUT2D eigenvalue weighted by Gasteiger charge is 2.56. The van der Waals surface area contributed by atoms with Crippen LogP contribution in [0.5, 0.6) is 0 Å². The van der Waals surface area contributed by atoms with Crippen LogP contribution in [0.15, 0.2) is 0 Å². The Labute approximate surface area is 387 Å². The van der Waals surface area contributed by atoms with Crippen molar-refractivity contribution in [1.82, 2.24) is 21.3 Å². The van der Waals surface area contributed by atoms with E-state index in [1.54, 1.807) is 0 Å². The van der Waals surface area contributed by atoms with Gasteiger partial charge in [-0.05, 0) is 0 Å². The topological polar surface area (TPSA) is 473 Å². The molecule has 0 aromatic heterocycles. The summed E-state index contributed by atoms with van der Waals surface area (Å²) in [6, 6.07) is -6.51. The molecule has 394 valence electrons. The SMILES string of the molecule is CC(=O)N[C@H]1[C@H](OC[C@@H](O)[C@H](O)[C@H](O[C@@H]2O[C@H](CO)[C@@H](O)[C@H](O[C@@H]3O[C@H](CO)[C@H](O)[C@H](O[C@@H]4O[C@H](CO)[C@@H](O)[C@H](O)[C@H]4NC(C)=O)[C@H]3O)[C@H]2NC(C)=O)[C@H](CO)NC(C)=O)O[C@H](CO)[C@@H](O)[C@@H]1O. The lowest BCUT2D eigenvalue weighted by molar-refractivity contribution is -0.369. The predicted molar refractivity (Wildman–Crippen MR) is 215 cm³/mol. The summed E-state index contributed by atoms with van der Waals surface area (Å²) < 4.78 is 46.0. The maximum atomic E-state index is 12.8. The van der Waals surface area contributed by atoms with Crippen LogP contribution in [-0.4, -0.2) is 282 Å². The molecule has 0 aromatic rings. The third-order valence-corrected chi connectivity index (χ3v) is 11.6. The van der Waals surface area contributed by atoms with Crippen LogP contribution in [-0.2, 0) is 57.1 Å². The Morgan fingerprint density at radius 2 is 0.912 bits per heavy atom. The normalized spacial score (nSPS) is 40.6. The summed E-state index contributed by atoms with van der Waals surface area (Å²) in [4.78, 5) is 49.0. The molecule has 4 aliphatic rings. The van der Waals surface area contributed by atoms with E-state index in [2.05, 4.69) is 21.3 Å². The van der Waals surface area contributed by atoms with E-state index in [0.717, 1.165) is 27.7 Å². The van der Waals surface area contributed by atoms with Gasteiger partial charge in [0.1, 0.15) is 116 Å². The van der Waals surface area contributed by atoms with Crippen LogP contribution in [0, 0.1) is 0 Å². The molecule has 0 saturated carbocycles. The first-order valence-corrected chi connectivity index (χ1v) is 21.5. The lowest BCUT2D eigenvalue weighted by Crippen LogP contribution is -2.70.